The number of rotatable bonds is 12. The topological polar surface area (TPSA) is 210 Å². The van der Waals surface area contributed by atoms with E-state index in [4.69, 9.17) is 18.6 Å². The normalized spacial score (nSPS) is 15.3. The Morgan fingerprint density at radius 3 is 2.12 bits per heavy atom. The largest absolute Gasteiger partial charge is 0.504 e. The fourth-order valence-corrected chi connectivity index (χ4v) is 4.75. The number of furan rings is 1. The molecule has 15 nitrogen and oxygen atoms in total. The first-order valence-corrected chi connectivity index (χ1v) is 16.6. The number of methoxy groups -OCH3 is 1. The third-order valence-corrected chi connectivity index (χ3v) is 8.01. The number of phenols is 1. The highest BCUT2D eigenvalue weighted by Gasteiger charge is 2.31. The fraction of sp³-hybridized carbons (Fsp3) is 0.385. The van der Waals surface area contributed by atoms with Gasteiger partial charge in [0.2, 0.25) is 0 Å². The molecule has 43 heavy (non-hydrogen) atoms. The Bertz CT molecular complexity index is 1690. The fourth-order valence-electron chi connectivity index (χ4n) is 3.98. The zero-order chi connectivity index (χ0) is 32.1. The highest BCUT2D eigenvalue weighted by molar-refractivity contribution is 7.90. The van der Waals surface area contributed by atoms with Crippen molar-refractivity contribution in [2.45, 2.75) is 19.5 Å². The van der Waals surface area contributed by atoms with Crippen molar-refractivity contribution in [3.05, 3.63) is 68.6 Å². The maximum atomic E-state index is 13.3. The van der Waals surface area contributed by atoms with Gasteiger partial charge in [0.05, 0.1) is 48.4 Å². The van der Waals surface area contributed by atoms with E-state index in [0.717, 1.165) is 18.6 Å². The zero-order valence-corrected chi connectivity index (χ0v) is 25.3. The number of sulfone groups is 2. The van der Waals surface area contributed by atoms with Gasteiger partial charge in [0.15, 0.2) is 31.2 Å². The van der Waals surface area contributed by atoms with E-state index in [2.05, 4.69) is 0 Å². The third kappa shape index (κ3) is 9.05. The van der Waals surface area contributed by atoms with Crippen LogP contribution in [0.4, 0.5) is 5.88 Å². The van der Waals surface area contributed by atoms with Crippen molar-refractivity contribution < 1.29 is 55.1 Å². The second kappa shape index (κ2) is 13.3. The minimum Gasteiger partial charge on any atom is -0.504 e. The molecule has 0 aliphatic carbocycles. The van der Waals surface area contributed by atoms with Crippen LogP contribution in [0.5, 0.6) is 11.5 Å². The molecule has 1 aromatic heterocycles. The number of carbonyl (C=O) groups is 2. The summed E-state index contributed by atoms with van der Waals surface area (Å²) in [5, 5.41) is 21.7. The molecule has 3 rings (SSSR count). The van der Waals surface area contributed by atoms with Gasteiger partial charge in [0.1, 0.15) is 23.9 Å². The number of nitro groups is 1. The van der Waals surface area contributed by atoms with Crippen LogP contribution < -0.4 is 4.74 Å². The van der Waals surface area contributed by atoms with E-state index >= 15 is 0 Å². The molecule has 1 aliphatic heterocycles. The molecule has 1 N–H and O–H groups in total. The zero-order valence-electron chi connectivity index (χ0n) is 23.6. The second-order valence-electron chi connectivity index (χ2n) is 9.63. The summed E-state index contributed by atoms with van der Waals surface area (Å²) in [6, 6.07) is 4.64. The third-order valence-electron chi connectivity index (χ3n) is 6.20. The van der Waals surface area contributed by atoms with Gasteiger partial charge < -0.3 is 28.6 Å². The summed E-state index contributed by atoms with van der Waals surface area (Å²) < 4.78 is 67.2. The summed E-state index contributed by atoms with van der Waals surface area (Å²) in [6.45, 7) is 0.468. The van der Waals surface area contributed by atoms with Crippen LogP contribution in [-0.4, -0.2) is 88.0 Å². The molecule has 2 heterocycles. The number of hydrogen-bond acceptors (Lipinski definition) is 14. The number of phenolic OH excluding ortho intramolecular Hbond substituents is 1. The molecular formula is C26H30N2O13S2. The molecule has 1 aromatic carbocycles. The maximum absolute atomic E-state index is 13.3. The lowest BCUT2D eigenvalue weighted by Crippen LogP contribution is -2.28. The standard InChI is InChI=1S/C26H30N2O13S2/c1-16-19-13-23(38-2)22(29)12-17(19)11-20(25(30)39-7-9-42(3,34)35)21(26(31)40-8-10-43(4,36)37)15-27(16)14-18-5-6-24(41-18)28(32)33/h5-6,11-13,15-16,29H,7-10,14H2,1-4H3. The van der Waals surface area contributed by atoms with E-state index in [1.165, 1.54) is 42.5 Å². The van der Waals surface area contributed by atoms with Crippen molar-refractivity contribution in [1.29, 1.82) is 0 Å². The summed E-state index contributed by atoms with van der Waals surface area (Å²) in [7, 11) is -5.69. The molecule has 1 unspecified atom stereocenters. The Kier molecular flexibility index (Phi) is 10.2. The molecule has 0 saturated heterocycles. The van der Waals surface area contributed by atoms with Crippen LogP contribution in [0.2, 0.25) is 0 Å². The molecule has 0 radical (unpaired) electrons. The minimum atomic E-state index is -3.51. The SMILES string of the molecule is COc1cc2c(cc1O)C=C(C(=O)OCCS(C)(=O)=O)C(C(=O)OCCS(C)(=O)=O)=CN(Cc1ccc([N+](=O)[O-])o1)C2C. The summed E-state index contributed by atoms with van der Waals surface area (Å²) in [5.74, 6) is -3.84. The monoisotopic (exact) mass is 642 g/mol. The van der Waals surface area contributed by atoms with Gasteiger partial charge in [-0.25, -0.2) is 26.4 Å². The van der Waals surface area contributed by atoms with Gasteiger partial charge in [-0.15, -0.1) is 0 Å². The Labute approximate surface area is 247 Å². The quantitative estimate of drug-likeness (QED) is 0.199. The van der Waals surface area contributed by atoms with E-state index < -0.39 is 84.3 Å². The van der Waals surface area contributed by atoms with Crippen molar-refractivity contribution in [1.82, 2.24) is 4.90 Å². The van der Waals surface area contributed by atoms with Crippen molar-refractivity contribution >= 4 is 43.6 Å². The molecule has 0 bridgehead atoms. The Hall–Kier alpha value is -4.38. The number of esters is 2. The van der Waals surface area contributed by atoms with Crippen LogP contribution >= 0.6 is 0 Å². The van der Waals surface area contributed by atoms with E-state index in [-0.39, 0.29) is 29.4 Å². The lowest BCUT2D eigenvalue weighted by molar-refractivity contribution is -0.402. The first-order valence-electron chi connectivity index (χ1n) is 12.5. The maximum Gasteiger partial charge on any atom is 0.433 e. The van der Waals surface area contributed by atoms with Gasteiger partial charge in [0, 0.05) is 18.7 Å². The van der Waals surface area contributed by atoms with E-state index in [1.807, 2.05) is 0 Å². The minimum absolute atomic E-state index is 0.0924. The summed E-state index contributed by atoms with van der Waals surface area (Å²) in [4.78, 5) is 38.6. The van der Waals surface area contributed by atoms with Gasteiger partial charge >= 0.3 is 17.8 Å². The molecule has 0 fully saturated rings. The highest BCUT2D eigenvalue weighted by atomic mass is 32.2. The van der Waals surface area contributed by atoms with Gasteiger partial charge in [-0.3, -0.25) is 10.1 Å². The highest BCUT2D eigenvalue weighted by Crippen LogP contribution is 2.39. The van der Waals surface area contributed by atoms with E-state index in [0.29, 0.717) is 5.56 Å². The van der Waals surface area contributed by atoms with Gasteiger partial charge in [-0.2, -0.15) is 0 Å². The Balaban J connectivity index is 2.19. The molecule has 0 spiro atoms. The van der Waals surface area contributed by atoms with Crippen LogP contribution in [0.25, 0.3) is 6.08 Å². The second-order valence-corrected chi connectivity index (χ2v) is 14.2. The van der Waals surface area contributed by atoms with Gasteiger partial charge in [0.25, 0.3) is 0 Å². The number of nitrogens with zero attached hydrogens (tertiary/aromatic N) is 2. The lowest BCUT2D eigenvalue weighted by atomic mass is 9.93. The molecule has 2 aromatic rings. The van der Waals surface area contributed by atoms with E-state index in [1.54, 1.807) is 6.92 Å². The number of benzene rings is 1. The molecule has 1 atom stereocenters. The molecule has 17 heteroatoms. The first kappa shape index (κ1) is 33.1. The van der Waals surface area contributed by atoms with Gasteiger partial charge in [-0.1, -0.05) is 0 Å². The number of aromatic hydroxyl groups is 1. The number of carbonyl (C=O) groups excluding carboxylic acids is 2. The smallest absolute Gasteiger partial charge is 0.433 e. The van der Waals surface area contributed by atoms with Crippen LogP contribution in [0, 0.1) is 10.1 Å². The van der Waals surface area contributed by atoms with Crippen molar-refractivity contribution in [2.75, 3.05) is 44.3 Å². The van der Waals surface area contributed by atoms with Crippen LogP contribution in [0.3, 0.4) is 0 Å². The number of ether oxygens (including phenoxy) is 3. The van der Waals surface area contributed by atoms with Crippen LogP contribution in [-0.2, 0) is 45.3 Å². The lowest BCUT2D eigenvalue weighted by Gasteiger charge is -2.31. The Morgan fingerprint density at radius 2 is 1.60 bits per heavy atom. The summed E-state index contributed by atoms with van der Waals surface area (Å²) in [5.41, 5.74) is -0.0681. The number of fused-ring (bicyclic) bond motifs is 1. The van der Waals surface area contributed by atoms with Crippen molar-refractivity contribution in [2.24, 2.45) is 0 Å². The van der Waals surface area contributed by atoms with Gasteiger partial charge in [-0.05, 0) is 42.3 Å². The molecular weight excluding hydrogens is 612 g/mol. The average molecular weight is 643 g/mol. The summed E-state index contributed by atoms with van der Waals surface area (Å²) >= 11 is 0. The molecule has 1 aliphatic rings. The van der Waals surface area contributed by atoms with Crippen molar-refractivity contribution in [3.63, 3.8) is 0 Å². The van der Waals surface area contributed by atoms with Crippen LogP contribution in [0.1, 0.15) is 29.9 Å². The molecule has 0 amide bonds. The van der Waals surface area contributed by atoms with E-state index in [9.17, 15) is 41.6 Å². The molecule has 234 valence electrons. The number of hydrogen-bond donors (Lipinski definition) is 1. The average Bonchev–Trinajstić information content (AvgIpc) is 3.36. The molecule has 0 saturated carbocycles. The first-order chi connectivity index (χ1) is 20.0. The predicted molar refractivity (Wildman–Crippen MR) is 151 cm³/mol. The Morgan fingerprint density at radius 1 is 1.02 bits per heavy atom. The van der Waals surface area contributed by atoms with Crippen LogP contribution in [0.15, 0.2) is 46.0 Å². The predicted octanol–water partition coefficient (Wildman–Crippen LogP) is 1.92. The summed E-state index contributed by atoms with van der Waals surface area (Å²) in [6.07, 6.45) is 4.37. The van der Waals surface area contributed by atoms with Crippen molar-refractivity contribution in [3.8, 4) is 11.5 Å².